The van der Waals surface area contributed by atoms with Gasteiger partial charge in [0.1, 0.15) is 17.8 Å². The van der Waals surface area contributed by atoms with Crippen LogP contribution in [0.1, 0.15) is 29.9 Å². The predicted octanol–water partition coefficient (Wildman–Crippen LogP) is 2.53. The Kier molecular flexibility index (Phi) is 7.20. The van der Waals surface area contributed by atoms with Crippen molar-refractivity contribution in [2.45, 2.75) is 20.3 Å². The molecule has 0 radical (unpaired) electrons. The van der Waals surface area contributed by atoms with Gasteiger partial charge in [-0.2, -0.15) is 0 Å². The van der Waals surface area contributed by atoms with Gasteiger partial charge in [0.2, 0.25) is 0 Å². The number of ether oxygens (including phenoxy) is 2. The number of nitrogens with zero attached hydrogens (tertiary/aromatic N) is 2. The molecule has 0 aliphatic carbocycles. The zero-order chi connectivity index (χ0) is 18.9. The van der Waals surface area contributed by atoms with E-state index in [9.17, 15) is 4.79 Å². The van der Waals surface area contributed by atoms with Crippen molar-refractivity contribution in [1.82, 2.24) is 15.3 Å². The van der Waals surface area contributed by atoms with Crippen LogP contribution in [0.3, 0.4) is 0 Å². The topological polar surface area (TPSA) is 85.4 Å². The fourth-order valence-corrected chi connectivity index (χ4v) is 2.33. The van der Waals surface area contributed by atoms with Crippen LogP contribution in [0.15, 0.2) is 30.6 Å². The fourth-order valence-electron chi connectivity index (χ4n) is 2.33. The Balaban J connectivity index is 1.90. The van der Waals surface area contributed by atoms with Crippen LogP contribution in [-0.4, -0.2) is 43.2 Å². The number of aromatic nitrogens is 2. The molecule has 0 fully saturated rings. The summed E-state index contributed by atoms with van der Waals surface area (Å²) in [7, 11) is 3.20. The molecule has 140 valence electrons. The summed E-state index contributed by atoms with van der Waals surface area (Å²) < 4.78 is 10.5. The van der Waals surface area contributed by atoms with Crippen LogP contribution in [0.25, 0.3) is 0 Å². The lowest BCUT2D eigenvalue weighted by Crippen LogP contribution is -2.26. The molecule has 0 bridgehead atoms. The van der Waals surface area contributed by atoms with Crippen LogP contribution in [0, 0.1) is 5.92 Å². The van der Waals surface area contributed by atoms with E-state index in [1.807, 2.05) is 18.2 Å². The van der Waals surface area contributed by atoms with Crippen LogP contribution < -0.4 is 20.1 Å². The van der Waals surface area contributed by atoms with E-state index >= 15 is 0 Å². The summed E-state index contributed by atoms with van der Waals surface area (Å²) in [6, 6.07) is 7.37. The Morgan fingerprint density at radius 3 is 2.58 bits per heavy atom. The van der Waals surface area contributed by atoms with Gasteiger partial charge in [-0.05, 0) is 30.0 Å². The maximum atomic E-state index is 12.3. The highest BCUT2D eigenvalue weighted by Crippen LogP contribution is 2.27. The summed E-state index contributed by atoms with van der Waals surface area (Å²) in [4.78, 5) is 20.4. The Morgan fingerprint density at radius 2 is 1.88 bits per heavy atom. The normalized spacial score (nSPS) is 10.5. The quantitative estimate of drug-likeness (QED) is 0.716. The Labute approximate surface area is 154 Å². The van der Waals surface area contributed by atoms with E-state index in [0.717, 1.165) is 12.1 Å². The molecule has 0 aliphatic heterocycles. The number of anilines is 1. The second-order valence-electron chi connectivity index (χ2n) is 6.26. The van der Waals surface area contributed by atoms with Crippen molar-refractivity contribution in [1.29, 1.82) is 0 Å². The molecule has 0 atom stereocenters. The summed E-state index contributed by atoms with van der Waals surface area (Å²) in [6.07, 6.45) is 2.07. The molecule has 0 saturated carbocycles. The molecule has 26 heavy (non-hydrogen) atoms. The minimum absolute atomic E-state index is 0.222. The maximum Gasteiger partial charge on any atom is 0.270 e. The molecule has 1 heterocycles. The van der Waals surface area contributed by atoms with Gasteiger partial charge < -0.3 is 20.1 Å². The zero-order valence-electron chi connectivity index (χ0n) is 15.7. The highest BCUT2D eigenvalue weighted by molar-refractivity contribution is 5.92. The molecule has 1 aromatic carbocycles. The van der Waals surface area contributed by atoms with E-state index in [-0.39, 0.29) is 5.91 Å². The zero-order valence-corrected chi connectivity index (χ0v) is 15.7. The molecular formula is C19H26N4O3. The first-order valence-corrected chi connectivity index (χ1v) is 8.58. The van der Waals surface area contributed by atoms with Gasteiger partial charge in [0.05, 0.1) is 14.2 Å². The minimum Gasteiger partial charge on any atom is -0.493 e. The average Bonchev–Trinajstić information content (AvgIpc) is 2.66. The van der Waals surface area contributed by atoms with Gasteiger partial charge in [-0.15, -0.1) is 0 Å². The van der Waals surface area contributed by atoms with Crippen molar-refractivity contribution < 1.29 is 14.3 Å². The largest absolute Gasteiger partial charge is 0.493 e. The molecule has 0 saturated heterocycles. The molecule has 1 aromatic heterocycles. The second-order valence-corrected chi connectivity index (χ2v) is 6.26. The number of rotatable bonds is 9. The first kappa shape index (κ1) is 19.5. The SMILES string of the molecule is COc1ccc(CCNC(=O)c2cc(NCC(C)C)ncn2)cc1OC. The molecule has 1 amide bonds. The van der Waals surface area contributed by atoms with Crippen molar-refractivity contribution in [2.24, 2.45) is 5.92 Å². The number of benzene rings is 1. The van der Waals surface area contributed by atoms with E-state index in [2.05, 4.69) is 34.4 Å². The molecule has 0 aliphatic rings. The predicted molar refractivity (Wildman–Crippen MR) is 101 cm³/mol. The Hall–Kier alpha value is -2.83. The van der Waals surface area contributed by atoms with Crippen LogP contribution in [0.4, 0.5) is 5.82 Å². The van der Waals surface area contributed by atoms with Crippen LogP contribution >= 0.6 is 0 Å². The number of carbonyl (C=O) groups excluding carboxylic acids is 1. The van der Waals surface area contributed by atoms with E-state index in [0.29, 0.717) is 41.9 Å². The van der Waals surface area contributed by atoms with E-state index in [4.69, 9.17) is 9.47 Å². The Bertz CT molecular complexity index is 734. The smallest absolute Gasteiger partial charge is 0.270 e. The summed E-state index contributed by atoms with van der Waals surface area (Å²) in [5, 5.41) is 6.06. The number of hydrogen-bond donors (Lipinski definition) is 2. The van der Waals surface area contributed by atoms with E-state index < -0.39 is 0 Å². The summed E-state index contributed by atoms with van der Waals surface area (Å²) in [5.41, 5.74) is 1.39. The third-order valence-corrected chi connectivity index (χ3v) is 3.74. The van der Waals surface area contributed by atoms with Crippen molar-refractivity contribution in [3.8, 4) is 11.5 Å². The van der Waals surface area contributed by atoms with Gasteiger partial charge in [-0.25, -0.2) is 9.97 Å². The fraction of sp³-hybridized carbons (Fsp3) is 0.421. The standard InChI is InChI=1S/C19H26N4O3/c1-13(2)11-21-18-10-15(22-12-23-18)19(24)20-8-7-14-5-6-16(25-3)17(9-14)26-4/h5-6,9-10,12-13H,7-8,11H2,1-4H3,(H,20,24)(H,21,22,23). The lowest BCUT2D eigenvalue weighted by molar-refractivity contribution is 0.0949. The first-order chi connectivity index (χ1) is 12.5. The Morgan fingerprint density at radius 1 is 1.12 bits per heavy atom. The molecule has 2 rings (SSSR count). The van der Waals surface area contributed by atoms with Gasteiger partial charge >= 0.3 is 0 Å². The molecule has 7 heteroatoms. The molecular weight excluding hydrogens is 332 g/mol. The number of methoxy groups -OCH3 is 2. The molecule has 2 aromatic rings. The van der Waals surface area contributed by atoms with Gasteiger partial charge in [0.25, 0.3) is 5.91 Å². The van der Waals surface area contributed by atoms with Crippen LogP contribution in [-0.2, 0) is 6.42 Å². The molecule has 0 spiro atoms. The van der Waals surface area contributed by atoms with Crippen molar-refractivity contribution >= 4 is 11.7 Å². The third-order valence-electron chi connectivity index (χ3n) is 3.74. The highest BCUT2D eigenvalue weighted by atomic mass is 16.5. The monoisotopic (exact) mass is 358 g/mol. The first-order valence-electron chi connectivity index (χ1n) is 8.58. The maximum absolute atomic E-state index is 12.3. The van der Waals surface area contributed by atoms with Crippen molar-refractivity contribution in [3.63, 3.8) is 0 Å². The van der Waals surface area contributed by atoms with Gasteiger partial charge in [-0.3, -0.25) is 4.79 Å². The minimum atomic E-state index is -0.222. The average molecular weight is 358 g/mol. The van der Waals surface area contributed by atoms with Crippen LogP contribution in [0.2, 0.25) is 0 Å². The molecule has 7 nitrogen and oxygen atoms in total. The molecule has 2 N–H and O–H groups in total. The molecule has 0 unspecified atom stereocenters. The van der Waals surface area contributed by atoms with Gasteiger partial charge in [-0.1, -0.05) is 19.9 Å². The summed E-state index contributed by atoms with van der Waals surface area (Å²) in [6.45, 7) is 5.50. The van der Waals surface area contributed by atoms with Gasteiger partial charge in [0.15, 0.2) is 11.5 Å². The number of nitrogens with one attached hydrogen (secondary N) is 2. The number of hydrogen-bond acceptors (Lipinski definition) is 6. The van der Waals surface area contributed by atoms with E-state index in [1.165, 1.54) is 6.33 Å². The third kappa shape index (κ3) is 5.61. The highest BCUT2D eigenvalue weighted by Gasteiger charge is 2.09. The lowest BCUT2D eigenvalue weighted by atomic mass is 10.1. The van der Waals surface area contributed by atoms with E-state index in [1.54, 1.807) is 20.3 Å². The second kappa shape index (κ2) is 9.60. The van der Waals surface area contributed by atoms with Crippen LogP contribution in [0.5, 0.6) is 11.5 Å². The van der Waals surface area contributed by atoms with Gasteiger partial charge in [0, 0.05) is 19.2 Å². The number of amides is 1. The summed E-state index contributed by atoms with van der Waals surface area (Å²) >= 11 is 0. The van der Waals surface area contributed by atoms with Crippen molar-refractivity contribution in [3.05, 3.63) is 41.9 Å². The van der Waals surface area contributed by atoms with Crippen molar-refractivity contribution in [2.75, 3.05) is 32.6 Å². The summed E-state index contributed by atoms with van der Waals surface area (Å²) in [5.74, 6) is 2.28. The lowest BCUT2D eigenvalue weighted by Gasteiger charge is -2.10. The number of carbonyl (C=O) groups is 1.